The minimum absolute atomic E-state index is 0. The van der Waals surface area contributed by atoms with Gasteiger partial charge in [0.15, 0.2) is 0 Å². The van der Waals surface area contributed by atoms with Gasteiger partial charge in [-0.25, -0.2) is 15.0 Å². The fraction of sp³-hybridized carbons (Fsp3) is 0.163. The number of rotatable bonds is 21. The van der Waals surface area contributed by atoms with Gasteiger partial charge in [-0.15, -0.1) is 112 Å². The van der Waals surface area contributed by atoms with E-state index in [9.17, 15) is 15.3 Å². The quantitative estimate of drug-likeness (QED) is 0.0588. The van der Waals surface area contributed by atoms with Crippen LogP contribution in [-0.4, -0.2) is 45.2 Å². The van der Waals surface area contributed by atoms with Gasteiger partial charge >= 0.3 is 0 Å². The molecule has 0 radical (unpaired) electrons. The molecule has 146 heavy (non-hydrogen) atoms. The number of hydrogen-bond donors (Lipinski definition) is 3. The van der Waals surface area contributed by atoms with Crippen LogP contribution in [0.3, 0.4) is 0 Å². The number of fused-ring (bicyclic) bond motifs is 1. The van der Waals surface area contributed by atoms with Crippen molar-refractivity contribution in [3.63, 3.8) is 0 Å². The summed E-state index contributed by atoms with van der Waals surface area (Å²) in [6.45, 7) is 33.7. The van der Waals surface area contributed by atoms with E-state index in [4.69, 9.17) is 29.9 Å². The molecule has 0 aliphatic rings. The molecule has 0 aliphatic carbocycles. The Morgan fingerprint density at radius 3 is 1.10 bits per heavy atom. The van der Waals surface area contributed by atoms with E-state index in [1.54, 1.807) is 40.9 Å². The van der Waals surface area contributed by atoms with Crippen LogP contribution in [0.4, 0.5) is 51.6 Å². The predicted molar refractivity (Wildman–Crippen MR) is 597 cm³/mol. The van der Waals surface area contributed by atoms with Crippen molar-refractivity contribution in [3.8, 4) is 129 Å². The fourth-order valence-electron chi connectivity index (χ4n) is 17.7. The predicted octanol–water partition coefficient (Wildman–Crippen LogP) is 35.0. The summed E-state index contributed by atoms with van der Waals surface area (Å²) in [7, 11) is 0. The molecule has 0 aliphatic heterocycles. The van der Waals surface area contributed by atoms with Gasteiger partial charge in [0.2, 0.25) is 0 Å². The van der Waals surface area contributed by atoms with Crippen LogP contribution in [0.1, 0.15) is 130 Å². The molecular weight excluding hydrogens is 2370 g/mol. The van der Waals surface area contributed by atoms with Crippen LogP contribution in [0.25, 0.3) is 121 Å². The summed E-state index contributed by atoms with van der Waals surface area (Å²) in [6, 6.07) is 136. The smallest absolute Gasteiger partial charge is 0.136 e. The number of phenolic OH excluding ortho intramolecular Hbond substituents is 3. The molecule has 17 heteroatoms. The molecule has 0 saturated carbocycles. The summed E-state index contributed by atoms with van der Waals surface area (Å²) in [5, 5.41) is 35.9. The maximum absolute atomic E-state index is 11.0. The summed E-state index contributed by atoms with van der Waals surface area (Å²) >= 11 is 3.50. The van der Waals surface area contributed by atoms with Gasteiger partial charge in [0.05, 0.1) is 33.2 Å². The van der Waals surface area contributed by atoms with Gasteiger partial charge in [0.25, 0.3) is 0 Å². The van der Waals surface area contributed by atoms with Gasteiger partial charge in [-0.2, -0.15) is 0 Å². The second-order valence-electron chi connectivity index (χ2n) is 40.6. The van der Waals surface area contributed by atoms with Crippen molar-refractivity contribution in [3.05, 3.63) is 445 Å². The Kier molecular flexibility index (Phi) is 33.6. The molecule has 0 bridgehead atoms. The molecule has 0 spiro atoms. The van der Waals surface area contributed by atoms with E-state index in [1.165, 1.54) is 47.7 Å². The first-order valence-electron chi connectivity index (χ1n) is 48.6. The third-order valence-electron chi connectivity index (χ3n) is 25.3. The van der Waals surface area contributed by atoms with Crippen molar-refractivity contribution >= 4 is 84.3 Å². The van der Waals surface area contributed by atoms with E-state index in [-0.39, 0.29) is 102 Å². The van der Waals surface area contributed by atoms with Crippen molar-refractivity contribution in [1.82, 2.24) is 29.9 Å². The number of thiophene rings is 2. The Bertz CT molecular complexity index is 7860. The van der Waals surface area contributed by atoms with E-state index in [0.717, 1.165) is 136 Å². The van der Waals surface area contributed by atoms with Crippen molar-refractivity contribution in [2.75, 3.05) is 14.7 Å². The van der Waals surface area contributed by atoms with Gasteiger partial charge < -0.3 is 30.0 Å². The van der Waals surface area contributed by atoms with Crippen LogP contribution in [0, 0.1) is 31.0 Å². The number of nitrogens with zero attached hydrogens (tertiary/aromatic N) is 9. The van der Waals surface area contributed by atoms with Crippen molar-refractivity contribution < 1.29 is 78.5 Å². The van der Waals surface area contributed by atoms with Crippen molar-refractivity contribution in [1.29, 1.82) is 0 Å². The standard InChI is InChI=1S/C47H44N3OS.C44H40N3OS.C38H32N3O.3Pt/c1-31-22-23-44(52-31)39-18-8-10-19-42(39)50(45-21-12-13-24-48-45)37-16-14-15-32(27-37)40-28-34(29-41(49-40)38-17-9-11-20-43(38)51)33-25-35(46(2,3)4)30-36(26-33)47(5,6)7;1-43(2,3)33-23-31(24-34(28-33)44(4,5)6)32-26-37(46-38(27-32)36-16-7-8-18-40(36)48)30-14-11-15-35(25-30)47(41-19-9-10-21-45-41)39-17-12-13-29-20-22-49-42(29)39;1-27(2)22-28-23-35(40-36(24-28)34-18-6-7-19-37(34)42)31-15-11-17-33(26-31)41(38-20-8-9-21-39-38)32-16-10-14-30(25-32)29-12-4-3-5-13-29;;;/h8-26,28-30,51H,1-7H3;7-24,26-28,48H,1-6H3;3-21,23-25,27,42H,22H2,1-2H3;;;/q3*-1;;;. The van der Waals surface area contributed by atoms with Crippen LogP contribution < -0.4 is 14.7 Å². The van der Waals surface area contributed by atoms with Crippen molar-refractivity contribution in [2.45, 2.75) is 132 Å². The molecule has 0 saturated heterocycles. The maximum atomic E-state index is 11.0. The number of aromatic hydroxyl groups is 3. The molecule has 8 aromatic heterocycles. The number of phenols is 3. The molecule has 8 heterocycles. The monoisotopic (exact) mass is 2490 g/mol. The minimum Gasteiger partial charge on any atom is -0.507 e. The second kappa shape index (κ2) is 46.2. The average molecular weight is 2490 g/mol. The number of pyridine rings is 6. The Balaban J connectivity index is 0.000000164. The Hall–Kier alpha value is -13.9. The molecule has 0 unspecified atom stereocenters. The topological polar surface area (TPSA) is 148 Å². The van der Waals surface area contributed by atoms with Crippen LogP contribution in [0.2, 0.25) is 0 Å². The van der Waals surface area contributed by atoms with Gasteiger partial charge in [-0.1, -0.05) is 284 Å². The summed E-state index contributed by atoms with van der Waals surface area (Å²) in [5.41, 5.74) is 28.6. The van der Waals surface area contributed by atoms with Gasteiger partial charge in [-0.05, 0) is 275 Å². The maximum Gasteiger partial charge on any atom is 0.136 e. The minimum atomic E-state index is -0.0401. The molecule has 0 amide bonds. The van der Waals surface area contributed by atoms with Gasteiger partial charge in [0, 0.05) is 119 Å². The van der Waals surface area contributed by atoms with E-state index in [1.807, 2.05) is 146 Å². The zero-order valence-electron chi connectivity index (χ0n) is 84.4. The van der Waals surface area contributed by atoms with E-state index >= 15 is 0 Å². The normalized spacial score (nSPS) is 11.4. The van der Waals surface area contributed by atoms with Crippen LogP contribution in [0.15, 0.2) is 394 Å². The van der Waals surface area contributed by atoms with Crippen LogP contribution in [-0.2, 0) is 91.3 Å². The first-order valence-corrected chi connectivity index (χ1v) is 50.3. The summed E-state index contributed by atoms with van der Waals surface area (Å²) in [5.74, 6) is 3.48. The van der Waals surface area contributed by atoms with E-state index in [2.05, 4.69) is 367 Å². The zero-order valence-corrected chi connectivity index (χ0v) is 92.9. The first kappa shape index (κ1) is 106. The summed E-state index contributed by atoms with van der Waals surface area (Å²) < 4.78 is 1.18. The zero-order chi connectivity index (χ0) is 99.9. The first-order chi connectivity index (χ1) is 68.8. The number of anilines is 9. The Morgan fingerprint density at radius 2 is 0.671 bits per heavy atom. The Labute approximate surface area is 910 Å². The van der Waals surface area contributed by atoms with E-state index < -0.39 is 0 Å². The average Bonchev–Trinajstić information content (AvgIpc) is 1.08. The fourth-order valence-corrected chi connectivity index (χ4v) is 19.5. The SMILES string of the molecule is CC(C)(C)c1cc(-c2cc(-c3[c-]c(N(c4ccccn4)c4cccc5ccsc45)ccc3)nc(-c3ccccc3O)c2)cc(C(C)(C)C)c1.CC(C)Cc1cc(-c2[c-]c(N(c3cccc(-c4ccccc4)c3)c3ccccn3)ccc2)nc(-c2ccccc2O)c1.Cc1ccc(-c2ccccc2N(c2[c-]c(-c3cc(-c4cc(C(C)(C)C)cc(C(C)(C)C)c4)cc(-c4ccccc4O)n3)ccc2)c2ccccn2)s1.[Pt].[Pt].[Pt]. The molecule has 3 N–H and O–H groups in total. The largest absolute Gasteiger partial charge is 0.507 e. The third-order valence-corrected chi connectivity index (χ3v) is 27.3. The van der Waals surface area contributed by atoms with E-state index in [0.29, 0.717) is 34.0 Å². The Morgan fingerprint density at radius 1 is 0.308 bits per heavy atom. The third kappa shape index (κ3) is 24.9. The van der Waals surface area contributed by atoms with Gasteiger partial charge in [-0.3, -0.25) is 15.0 Å². The molecule has 12 aromatic carbocycles. The molecule has 20 aromatic rings. The number of aromatic nitrogens is 6. The van der Waals surface area contributed by atoms with Crippen LogP contribution in [0.5, 0.6) is 17.2 Å². The number of benzene rings is 12. The molecular formula is C129H116N9O3Pt3S2-3. The second-order valence-corrected chi connectivity index (χ2v) is 42.8. The van der Waals surface area contributed by atoms with Crippen molar-refractivity contribution in [2.24, 2.45) is 5.92 Å². The van der Waals surface area contributed by atoms with Gasteiger partial charge in [0.1, 0.15) is 34.7 Å². The molecule has 0 atom stereocenters. The number of aryl methyl sites for hydroxylation is 1. The molecule has 740 valence electrons. The summed E-state index contributed by atoms with van der Waals surface area (Å²) in [4.78, 5) is 38.6. The number of para-hydroxylation sites is 4. The summed E-state index contributed by atoms with van der Waals surface area (Å²) in [6.07, 6.45) is 6.36. The molecule has 20 rings (SSSR count). The molecule has 12 nitrogen and oxygen atoms in total. The number of hydrogen-bond acceptors (Lipinski definition) is 14. The van der Waals surface area contributed by atoms with Crippen LogP contribution >= 0.6 is 22.7 Å². The molecule has 0 fully saturated rings.